The quantitative estimate of drug-likeness (QED) is 0.886. The Balaban J connectivity index is 3.02. The molecule has 1 amide bonds. The molecule has 1 aromatic carbocycles. The van der Waals surface area contributed by atoms with Crippen molar-refractivity contribution >= 4 is 27.5 Å². The third kappa shape index (κ3) is 3.64. The molecule has 1 rings (SSSR count). The largest absolute Gasteiger partial charge is 0.328 e. The molecule has 0 aliphatic carbocycles. The van der Waals surface area contributed by atoms with Crippen molar-refractivity contribution in [1.82, 2.24) is 0 Å². The zero-order valence-corrected chi connectivity index (χ0v) is 10.5. The minimum atomic E-state index is -0.0761. The van der Waals surface area contributed by atoms with Crippen LogP contribution in [-0.4, -0.2) is 11.9 Å². The summed E-state index contributed by atoms with van der Waals surface area (Å²) in [4.78, 5) is 11.0. The molecule has 0 fully saturated rings. The Kier molecular flexibility index (Phi) is 4.29. The predicted molar refractivity (Wildman–Crippen MR) is 65.8 cm³/mol. The van der Waals surface area contributed by atoms with Crippen molar-refractivity contribution in [3.8, 4) is 0 Å². The number of hydrogen-bond acceptors (Lipinski definition) is 2. The Morgan fingerprint density at radius 2 is 2.27 bits per heavy atom. The molecule has 0 aliphatic rings. The highest BCUT2D eigenvalue weighted by atomic mass is 79.9. The summed E-state index contributed by atoms with van der Waals surface area (Å²) < 4.78 is 0.885. The molecule has 1 atom stereocenters. The van der Waals surface area contributed by atoms with E-state index < -0.39 is 0 Å². The zero-order chi connectivity index (χ0) is 11.4. The number of rotatable bonds is 3. The summed E-state index contributed by atoms with van der Waals surface area (Å²) in [6.45, 7) is 3.44. The molecular formula is C11H15BrN2O. The first-order chi connectivity index (χ1) is 7.00. The maximum Gasteiger partial charge on any atom is 0.221 e. The second-order valence-electron chi connectivity index (χ2n) is 3.64. The second-order valence-corrected chi connectivity index (χ2v) is 4.49. The Morgan fingerprint density at radius 3 is 2.80 bits per heavy atom. The van der Waals surface area contributed by atoms with Crippen LogP contribution in [0.2, 0.25) is 0 Å². The van der Waals surface area contributed by atoms with Gasteiger partial charge in [0.1, 0.15) is 0 Å². The first-order valence-electron chi connectivity index (χ1n) is 4.81. The van der Waals surface area contributed by atoms with E-state index in [-0.39, 0.29) is 11.9 Å². The van der Waals surface area contributed by atoms with E-state index in [4.69, 9.17) is 5.73 Å². The minimum absolute atomic E-state index is 0.0757. The van der Waals surface area contributed by atoms with Crippen LogP contribution in [0.15, 0.2) is 22.7 Å². The van der Waals surface area contributed by atoms with Crippen LogP contribution >= 0.6 is 15.9 Å². The molecule has 0 radical (unpaired) electrons. The highest BCUT2D eigenvalue weighted by Gasteiger charge is 2.09. The van der Waals surface area contributed by atoms with E-state index >= 15 is 0 Å². The number of nitrogens with two attached hydrogens (primary N) is 1. The first kappa shape index (κ1) is 12.2. The van der Waals surface area contributed by atoms with E-state index in [1.165, 1.54) is 6.92 Å². The van der Waals surface area contributed by atoms with Gasteiger partial charge in [-0.2, -0.15) is 0 Å². The number of halogens is 1. The Hall–Kier alpha value is -0.870. The Morgan fingerprint density at radius 1 is 1.60 bits per heavy atom. The van der Waals surface area contributed by atoms with Crippen LogP contribution in [0.25, 0.3) is 0 Å². The SMILES string of the molecule is CC(=O)Nc1c(Br)cccc1CC(C)N. The lowest BCUT2D eigenvalue weighted by atomic mass is 10.1. The van der Waals surface area contributed by atoms with Gasteiger partial charge in [0.15, 0.2) is 0 Å². The van der Waals surface area contributed by atoms with Crippen molar-refractivity contribution in [2.75, 3.05) is 5.32 Å². The van der Waals surface area contributed by atoms with E-state index in [1.54, 1.807) is 0 Å². The number of para-hydroxylation sites is 1. The number of hydrogen-bond donors (Lipinski definition) is 2. The average Bonchev–Trinajstić information content (AvgIpc) is 2.09. The summed E-state index contributed by atoms with van der Waals surface area (Å²) in [5.74, 6) is -0.0761. The normalized spacial score (nSPS) is 12.3. The van der Waals surface area contributed by atoms with Crippen molar-refractivity contribution in [3.63, 3.8) is 0 Å². The highest BCUT2D eigenvalue weighted by molar-refractivity contribution is 9.10. The summed E-state index contributed by atoms with van der Waals surface area (Å²) in [6.07, 6.45) is 0.745. The molecule has 3 nitrogen and oxygen atoms in total. The van der Waals surface area contributed by atoms with Crippen LogP contribution in [0.4, 0.5) is 5.69 Å². The van der Waals surface area contributed by atoms with Crippen LogP contribution in [0.5, 0.6) is 0 Å². The van der Waals surface area contributed by atoms with Gasteiger partial charge in [0.25, 0.3) is 0 Å². The molecule has 82 valence electrons. The Bertz CT molecular complexity index is 364. The first-order valence-corrected chi connectivity index (χ1v) is 5.60. The van der Waals surface area contributed by atoms with Crippen molar-refractivity contribution in [2.24, 2.45) is 5.73 Å². The van der Waals surface area contributed by atoms with Crippen molar-refractivity contribution < 1.29 is 4.79 Å². The fraction of sp³-hybridized carbons (Fsp3) is 0.364. The van der Waals surface area contributed by atoms with Gasteiger partial charge in [-0.1, -0.05) is 12.1 Å². The number of anilines is 1. The van der Waals surface area contributed by atoms with E-state index in [0.717, 1.165) is 22.1 Å². The molecule has 1 aromatic rings. The molecule has 15 heavy (non-hydrogen) atoms. The third-order valence-corrected chi connectivity index (χ3v) is 2.60. The molecule has 0 saturated carbocycles. The topological polar surface area (TPSA) is 55.1 Å². The van der Waals surface area contributed by atoms with E-state index in [0.29, 0.717) is 0 Å². The van der Waals surface area contributed by atoms with Gasteiger partial charge in [-0.3, -0.25) is 4.79 Å². The van der Waals surface area contributed by atoms with Gasteiger partial charge in [0.2, 0.25) is 5.91 Å². The average molecular weight is 271 g/mol. The highest BCUT2D eigenvalue weighted by Crippen LogP contribution is 2.27. The van der Waals surface area contributed by atoms with Crippen LogP contribution < -0.4 is 11.1 Å². The number of amides is 1. The predicted octanol–water partition coefficient (Wildman–Crippen LogP) is 2.30. The van der Waals surface area contributed by atoms with Crippen molar-refractivity contribution in [2.45, 2.75) is 26.3 Å². The molecule has 0 aromatic heterocycles. The van der Waals surface area contributed by atoms with Crippen LogP contribution in [-0.2, 0) is 11.2 Å². The Labute approximate surface area is 98.2 Å². The second kappa shape index (κ2) is 5.28. The van der Waals surface area contributed by atoms with Gasteiger partial charge in [0.05, 0.1) is 5.69 Å². The molecule has 0 aliphatic heterocycles. The lowest BCUT2D eigenvalue weighted by Crippen LogP contribution is -2.19. The number of nitrogens with one attached hydrogen (secondary N) is 1. The van der Waals surface area contributed by atoms with Gasteiger partial charge in [0, 0.05) is 17.4 Å². The molecule has 3 N–H and O–H groups in total. The third-order valence-electron chi connectivity index (χ3n) is 1.94. The number of benzene rings is 1. The van der Waals surface area contributed by atoms with Gasteiger partial charge in [-0.15, -0.1) is 0 Å². The maximum atomic E-state index is 11.0. The van der Waals surface area contributed by atoms with Crippen LogP contribution in [0.3, 0.4) is 0 Å². The van der Waals surface area contributed by atoms with Gasteiger partial charge in [-0.25, -0.2) is 0 Å². The van der Waals surface area contributed by atoms with Crippen LogP contribution in [0.1, 0.15) is 19.4 Å². The van der Waals surface area contributed by atoms with Crippen molar-refractivity contribution in [1.29, 1.82) is 0 Å². The summed E-state index contributed by atoms with van der Waals surface area (Å²) in [5, 5.41) is 2.81. The van der Waals surface area contributed by atoms with Crippen LogP contribution in [0, 0.1) is 0 Å². The fourth-order valence-corrected chi connectivity index (χ4v) is 1.91. The molecule has 4 heteroatoms. The standard InChI is InChI=1S/C11H15BrN2O/c1-7(13)6-9-4-3-5-10(12)11(9)14-8(2)15/h3-5,7H,6,13H2,1-2H3,(H,14,15). The van der Waals surface area contributed by atoms with E-state index in [1.807, 2.05) is 25.1 Å². The van der Waals surface area contributed by atoms with Gasteiger partial charge < -0.3 is 11.1 Å². The van der Waals surface area contributed by atoms with Gasteiger partial charge >= 0.3 is 0 Å². The minimum Gasteiger partial charge on any atom is -0.328 e. The fourth-order valence-electron chi connectivity index (χ4n) is 1.40. The van der Waals surface area contributed by atoms with Crippen molar-refractivity contribution in [3.05, 3.63) is 28.2 Å². The smallest absolute Gasteiger partial charge is 0.221 e. The lowest BCUT2D eigenvalue weighted by molar-refractivity contribution is -0.114. The molecule has 0 saturated heterocycles. The monoisotopic (exact) mass is 270 g/mol. The van der Waals surface area contributed by atoms with E-state index in [9.17, 15) is 4.79 Å². The molecule has 0 heterocycles. The summed E-state index contributed by atoms with van der Waals surface area (Å²) in [5.41, 5.74) is 7.62. The molecular weight excluding hydrogens is 256 g/mol. The number of carbonyl (C=O) groups excluding carboxylic acids is 1. The van der Waals surface area contributed by atoms with E-state index in [2.05, 4.69) is 21.2 Å². The summed E-state index contributed by atoms with van der Waals surface area (Å²) in [6, 6.07) is 5.88. The lowest BCUT2D eigenvalue weighted by Gasteiger charge is -2.13. The summed E-state index contributed by atoms with van der Waals surface area (Å²) >= 11 is 3.41. The summed E-state index contributed by atoms with van der Waals surface area (Å²) in [7, 11) is 0. The van der Waals surface area contributed by atoms with Gasteiger partial charge in [-0.05, 0) is 40.9 Å². The maximum absolute atomic E-state index is 11.0. The molecule has 0 bridgehead atoms. The zero-order valence-electron chi connectivity index (χ0n) is 8.88. The number of carbonyl (C=O) groups is 1. The molecule has 0 spiro atoms. The molecule has 1 unspecified atom stereocenters.